The van der Waals surface area contributed by atoms with Crippen LogP contribution in [-0.4, -0.2) is 216 Å². The van der Waals surface area contributed by atoms with Gasteiger partial charge in [-0.1, -0.05) is 192 Å². The zero-order valence-electron chi connectivity index (χ0n) is 79.5. The molecule has 0 aromatic heterocycles. The Kier molecular flexibility index (Phi) is 47.5. The number of nitrogens with zero attached hydrogens (tertiary/aromatic N) is 4. The molecule has 9 aromatic rings. The topological polar surface area (TPSA) is 443 Å². The van der Waals surface area contributed by atoms with Crippen molar-refractivity contribution in [1.82, 2.24) is 19.6 Å². The third kappa shape index (κ3) is 35.0. The second kappa shape index (κ2) is 58.8. The summed E-state index contributed by atoms with van der Waals surface area (Å²) in [5.74, 6) is 9.46. The maximum atomic E-state index is 12.4. The fourth-order valence-electron chi connectivity index (χ4n) is 17.0. The number of amides is 8. The van der Waals surface area contributed by atoms with Gasteiger partial charge in [-0.25, -0.2) is 11.1 Å². The lowest BCUT2D eigenvalue weighted by Crippen LogP contribution is -2.33. The van der Waals surface area contributed by atoms with Crippen LogP contribution in [0.1, 0.15) is 262 Å². The van der Waals surface area contributed by atoms with E-state index in [0.29, 0.717) is 74.9 Å². The minimum Gasteiger partial charge on any atom is -0.508 e. The fraction of sp³-hybridized carbons (Fsp3) is 0.400. The smallest absolute Gasteiger partial charge is 0.261 e. The van der Waals surface area contributed by atoms with E-state index in [2.05, 4.69) is 61.8 Å². The Labute approximate surface area is 838 Å². The molecule has 13 N–H and O–H groups in total. The average molecular weight is 2050 g/mol. The van der Waals surface area contributed by atoms with Crippen molar-refractivity contribution in [3.05, 3.63) is 289 Å². The molecule has 8 amide bonds. The van der Waals surface area contributed by atoms with Gasteiger partial charge in [0.25, 0.3) is 47.3 Å². The summed E-state index contributed by atoms with van der Waals surface area (Å²) in [7, 11) is 0. The Morgan fingerprint density at radius 2 is 0.693 bits per heavy atom. The van der Waals surface area contributed by atoms with Gasteiger partial charge in [-0.2, -0.15) is 0 Å². The number of hydrogen-bond donors (Lipinski definition) is 10. The number of imide groups is 4. The van der Waals surface area contributed by atoms with Gasteiger partial charge in [0.1, 0.15) is 66.4 Å². The van der Waals surface area contributed by atoms with Crippen LogP contribution >= 0.6 is 31.9 Å². The van der Waals surface area contributed by atoms with Crippen molar-refractivity contribution >= 4 is 79.1 Å². The van der Waals surface area contributed by atoms with E-state index in [9.17, 15) is 58.8 Å². The van der Waals surface area contributed by atoms with E-state index in [1.54, 1.807) is 122 Å². The quantitative estimate of drug-likeness (QED) is 0.0161. The van der Waals surface area contributed by atoms with Crippen molar-refractivity contribution in [3.63, 3.8) is 0 Å². The molecule has 1 saturated heterocycles. The highest BCUT2D eigenvalue weighted by molar-refractivity contribution is 9.10. The molecule has 5 heterocycles. The molecule has 0 bridgehead atoms. The van der Waals surface area contributed by atoms with E-state index in [1.165, 1.54) is 52.4 Å². The molecule has 9 aliphatic rings. The number of rotatable bonds is 23. The summed E-state index contributed by atoms with van der Waals surface area (Å²) in [6, 6.07) is 64.9. The van der Waals surface area contributed by atoms with Gasteiger partial charge in [-0.3, -0.25) is 58.0 Å². The predicted molar refractivity (Wildman–Crippen MR) is 543 cm³/mol. The van der Waals surface area contributed by atoms with Crippen molar-refractivity contribution in [2.45, 2.75) is 196 Å². The van der Waals surface area contributed by atoms with E-state index in [1.807, 2.05) is 91.0 Å². The third-order valence-electron chi connectivity index (χ3n) is 24.4. The molecule has 9 aromatic carbocycles. The molecular formula is C110H133Br2N7O21. The number of nitrogens with two attached hydrogens (primary N) is 1. The first-order valence-electron chi connectivity index (χ1n) is 47.7. The highest BCUT2D eigenvalue weighted by atomic mass is 79.9. The molecule has 0 spiro atoms. The van der Waals surface area contributed by atoms with Gasteiger partial charge in [0, 0.05) is 42.3 Å². The molecule has 4 aliphatic carbocycles. The highest BCUT2D eigenvalue weighted by Crippen LogP contribution is 2.36. The first kappa shape index (κ1) is 113. The molecule has 5 fully saturated rings. The van der Waals surface area contributed by atoms with Crippen molar-refractivity contribution in [1.29, 1.82) is 11.1 Å². The predicted octanol–water partition coefficient (Wildman–Crippen LogP) is 17.7. The molecular weight excluding hydrogens is 1920 g/mol. The molecule has 5 aliphatic heterocycles. The zero-order valence-corrected chi connectivity index (χ0v) is 82.7. The molecule has 748 valence electrons. The summed E-state index contributed by atoms with van der Waals surface area (Å²) < 4.78 is 29.4. The maximum absolute atomic E-state index is 12.4. The van der Waals surface area contributed by atoms with Gasteiger partial charge in [0.15, 0.2) is 0 Å². The van der Waals surface area contributed by atoms with Crippen LogP contribution in [0.25, 0.3) is 0 Å². The van der Waals surface area contributed by atoms with E-state index < -0.39 is 22.4 Å². The summed E-state index contributed by atoms with van der Waals surface area (Å²) in [5.41, 5.74) is 19.5. The summed E-state index contributed by atoms with van der Waals surface area (Å²) >= 11 is 6.56. The standard InChI is InChI=1S/C24H27NO4.C24H23NO4.C16H12BrNO3.C16H25NO2.C10H9NO3.C8H12O.C6H5BrO.C4H8O.C2H6O.H2N2.H2O.H2/c2*26-22-20-9-2-3-10-21(20)23(27)25(22)15-16-29-19-8-6-7-18(17-19)11-14-24(28)12-4-1-5-13-24;17-11-4-3-5-12(10-11)21-9-8-18-15(19)13-6-1-2-7-14(13)16(18)20;17-11-12-19-15-6-4-5-14(13-15)7-10-16(18)8-2-1-3-9-16;12-6-5-11-9(13)7-3-1-2-4-8(7)10(11)14;1-2-8(9)6-4-3-5-7-8;7-5-2-1-3-6(8)4-5;1-2-4-5-3-1;1-2-3;1-2;;/h2-3,6-10,17,28H,1,4-5,11-16H2;2-3,6-10,17,28H,1,4-5,12-13,15-16H2;1-7,10H,8-9H2;4-6,13,18H,1-3,7-12,17H2;1-4,12H,5-6H2;1,9H,3-7H2;1-4,8H;1-4H2;3H,2H2,1H3;1-2H;1H2;1H. The van der Waals surface area contributed by atoms with Crippen LogP contribution in [0.3, 0.4) is 0 Å². The first-order chi connectivity index (χ1) is 67.2. The van der Waals surface area contributed by atoms with Crippen LogP contribution in [-0.2, 0) is 17.6 Å². The highest BCUT2D eigenvalue weighted by Gasteiger charge is 2.40. The van der Waals surface area contributed by atoms with Gasteiger partial charge >= 0.3 is 0 Å². The molecule has 18 rings (SSSR count). The normalized spacial score (nSPS) is 16.5. The lowest BCUT2D eigenvalue weighted by molar-refractivity contribution is -0.00382. The third-order valence-corrected chi connectivity index (χ3v) is 25.4. The molecule has 30 heteroatoms. The number of halogens is 2. The number of nitrogens with one attached hydrogen (secondary N) is 2. The fourth-order valence-corrected chi connectivity index (χ4v) is 17.8. The number of carbonyl (C=O) groups excluding carboxylic acids is 8. The summed E-state index contributed by atoms with van der Waals surface area (Å²) in [6.07, 6.45) is 31.4. The first-order valence-corrected chi connectivity index (χ1v) is 49.3. The zero-order chi connectivity index (χ0) is 100. The Balaban J connectivity index is 0.000000226. The van der Waals surface area contributed by atoms with Gasteiger partial charge in [-0.15, -0.1) is 6.42 Å². The minimum atomic E-state index is -0.888. The molecule has 4 saturated carbocycles. The number of phenols is 1. The number of benzene rings is 9. The van der Waals surface area contributed by atoms with E-state index in [4.69, 9.17) is 62.2 Å². The number of aryl methyl sites for hydroxylation is 2. The number of phenolic OH excluding ortho intramolecular Hbond substituents is 1. The number of aliphatic hydroxyl groups excluding tert-OH is 2. The number of aromatic hydroxyl groups is 1. The lowest BCUT2D eigenvalue weighted by Gasteiger charge is -2.32. The van der Waals surface area contributed by atoms with Crippen molar-refractivity contribution in [3.8, 4) is 52.9 Å². The van der Waals surface area contributed by atoms with Gasteiger partial charge < -0.3 is 70.6 Å². The summed E-state index contributed by atoms with van der Waals surface area (Å²) in [6.45, 7) is 6.22. The number of β-amino-alcohol motifs (C(OH)–C–C–N with tert-alkyl or cyclic N) is 1. The number of fused-ring (bicyclic) bond motifs is 4. The van der Waals surface area contributed by atoms with Crippen LogP contribution in [0, 0.1) is 35.2 Å². The van der Waals surface area contributed by atoms with E-state index in [0.717, 1.165) is 185 Å². The SMILES string of the molecule is C#CC1(O)CCCCC1.C1CCOC1.CCO.N=N.NCCOc1cccc(CCC2(O)CCCCC2)c1.O.O=C1c2ccccc2C(=O)N1CCO.O=C1c2ccccc2C(=O)N1CCOc1cccc(Br)c1.O=C1c2ccccc2C(=O)N1CCOc1cccc(C#CC2(O)CCCCC2)c1.O=C1c2ccccc2C(=O)N1CCOc1cccc(CCC2(O)CCCCC2)c1.Oc1cccc(Br)c1.[HH]. The number of aliphatic hydroxyl groups is 6. The summed E-state index contributed by atoms with van der Waals surface area (Å²) in [5, 5.41) is 66.2. The second-order valence-corrected chi connectivity index (χ2v) is 36.5. The second-order valence-electron chi connectivity index (χ2n) is 34.7. The number of ether oxygens (including phenoxy) is 5. The Morgan fingerprint density at radius 1 is 0.393 bits per heavy atom. The average Bonchev–Trinajstić information content (AvgIpc) is 1.65. The summed E-state index contributed by atoms with van der Waals surface area (Å²) in [4.78, 5) is 102. The van der Waals surface area contributed by atoms with Gasteiger partial charge in [-0.05, 0) is 261 Å². The molecule has 140 heavy (non-hydrogen) atoms. The van der Waals surface area contributed by atoms with Crippen LogP contribution in [0.4, 0.5) is 0 Å². The largest absolute Gasteiger partial charge is 0.508 e. The molecule has 28 nitrogen and oxygen atoms in total. The molecule has 0 unspecified atom stereocenters. The Morgan fingerprint density at radius 3 is 0.993 bits per heavy atom. The van der Waals surface area contributed by atoms with Crippen LogP contribution in [0.2, 0.25) is 0 Å². The van der Waals surface area contributed by atoms with Crippen LogP contribution in [0.5, 0.6) is 28.7 Å². The number of carbonyl (C=O) groups is 8. The molecule has 0 atom stereocenters. The number of hydrogen-bond acceptors (Lipinski definition) is 23. The monoisotopic (exact) mass is 2050 g/mol. The van der Waals surface area contributed by atoms with Crippen LogP contribution < -0.4 is 24.7 Å². The van der Waals surface area contributed by atoms with Crippen molar-refractivity contribution < 1.29 is 105 Å². The molecule has 0 radical (unpaired) electrons. The van der Waals surface area contributed by atoms with Gasteiger partial charge in [0.2, 0.25) is 0 Å². The minimum absolute atomic E-state index is 0. The Bertz CT molecular complexity index is 5460. The Hall–Kier alpha value is -12.1. The van der Waals surface area contributed by atoms with Crippen molar-refractivity contribution in [2.24, 2.45) is 5.73 Å². The van der Waals surface area contributed by atoms with E-state index in [-0.39, 0.29) is 113 Å². The van der Waals surface area contributed by atoms with Crippen LogP contribution in [0.15, 0.2) is 227 Å². The maximum Gasteiger partial charge on any atom is 0.261 e. The van der Waals surface area contributed by atoms with E-state index >= 15 is 0 Å². The van der Waals surface area contributed by atoms with Gasteiger partial charge in [0.05, 0.1) is 88.5 Å². The number of terminal acetylenes is 1. The van der Waals surface area contributed by atoms with Crippen molar-refractivity contribution in [2.75, 3.05) is 85.6 Å². The lowest BCUT2D eigenvalue weighted by atomic mass is 9.81.